The van der Waals surface area contributed by atoms with Crippen molar-refractivity contribution in [3.63, 3.8) is 0 Å². The van der Waals surface area contributed by atoms with Crippen molar-refractivity contribution in [2.75, 3.05) is 19.8 Å². The van der Waals surface area contributed by atoms with Crippen molar-refractivity contribution in [2.24, 2.45) is 0 Å². The van der Waals surface area contributed by atoms with Crippen LogP contribution in [0.2, 0.25) is 5.02 Å². The standard InChI is InChI=1S/C12H14ClNO3/c1-2-14-11(15)10-8(4-3-5-9(10)13)12-16-6-7-17-12/h3-5,12H,2,6-7H2,1H3,(H,14,15). The fraction of sp³-hybridized carbons (Fsp3) is 0.417. The summed E-state index contributed by atoms with van der Waals surface area (Å²) in [5.74, 6) is -0.202. The Morgan fingerprint density at radius 3 is 2.82 bits per heavy atom. The Morgan fingerprint density at radius 2 is 2.18 bits per heavy atom. The van der Waals surface area contributed by atoms with Crippen LogP contribution in [0.3, 0.4) is 0 Å². The van der Waals surface area contributed by atoms with Crippen LogP contribution in [0, 0.1) is 0 Å². The third-order valence-corrected chi connectivity index (χ3v) is 2.80. The normalized spacial score (nSPS) is 16.1. The zero-order valence-corrected chi connectivity index (χ0v) is 10.3. The van der Waals surface area contributed by atoms with Crippen LogP contribution in [-0.4, -0.2) is 25.7 Å². The van der Waals surface area contributed by atoms with E-state index in [4.69, 9.17) is 21.1 Å². The highest BCUT2D eigenvalue weighted by Crippen LogP contribution is 2.30. The summed E-state index contributed by atoms with van der Waals surface area (Å²) in [5.41, 5.74) is 1.11. The average molecular weight is 256 g/mol. The fourth-order valence-electron chi connectivity index (χ4n) is 1.76. The van der Waals surface area contributed by atoms with E-state index in [1.807, 2.05) is 6.92 Å². The van der Waals surface area contributed by atoms with Crippen molar-refractivity contribution in [3.05, 3.63) is 34.3 Å². The third-order valence-electron chi connectivity index (χ3n) is 2.49. The first-order valence-corrected chi connectivity index (χ1v) is 5.91. The number of ether oxygens (including phenoxy) is 2. The Bertz CT molecular complexity index is 416. The average Bonchev–Trinajstić information content (AvgIpc) is 2.82. The molecule has 1 amide bonds. The molecular weight excluding hydrogens is 242 g/mol. The maximum absolute atomic E-state index is 11.9. The highest BCUT2D eigenvalue weighted by molar-refractivity contribution is 6.34. The molecule has 17 heavy (non-hydrogen) atoms. The van der Waals surface area contributed by atoms with Gasteiger partial charge in [0.1, 0.15) is 0 Å². The van der Waals surface area contributed by atoms with Gasteiger partial charge in [-0.05, 0) is 13.0 Å². The van der Waals surface area contributed by atoms with Gasteiger partial charge >= 0.3 is 0 Å². The Morgan fingerprint density at radius 1 is 1.47 bits per heavy atom. The summed E-state index contributed by atoms with van der Waals surface area (Å²) in [5, 5.41) is 3.14. The summed E-state index contributed by atoms with van der Waals surface area (Å²) in [7, 11) is 0. The Kier molecular flexibility index (Phi) is 3.99. The highest BCUT2D eigenvalue weighted by Gasteiger charge is 2.25. The van der Waals surface area contributed by atoms with E-state index in [1.165, 1.54) is 0 Å². The Balaban J connectivity index is 2.36. The number of nitrogens with one attached hydrogen (secondary N) is 1. The molecule has 1 aliphatic rings. The Labute approximate surface area is 105 Å². The van der Waals surface area contributed by atoms with E-state index < -0.39 is 6.29 Å². The zero-order valence-electron chi connectivity index (χ0n) is 9.53. The van der Waals surface area contributed by atoms with Crippen molar-refractivity contribution in [3.8, 4) is 0 Å². The summed E-state index contributed by atoms with van der Waals surface area (Å²) >= 11 is 6.07. The first-order chi connectivity index (χ1) is 8.24. The van der Waals surface area contributed by atoms with Crippen LogP contribution in [0.1, 0.15) is 29.1 Å². The molecule has 1 fully saturated rings. The van der Waals surface area contributed by atoms with Gasteiger partial charge in [-0.25, -0.2) is 0 Å². The van der Waals surface area contributed by atoms with Crippen molar-refractivity contribution >= 4 is 17.5 Å². The van der Waals surface area contributed by atoms with Gasteiger partial charge in [0.05, 0.1) is 23.8 Å². The summed E-state index contributed by atoms with van der Waals surface area (Å²) < 4.78 is 10.8. The molecule has 4 nitrogen and oxygen atoms in total. The molecule has 2 rings (SSSR count). The van der Waals surface area contributed by atoms with E-state index >= 15 is 0 Å². The minimum atomic E-state index is -0.494. The molecule has 1 heterocycles. The first kappa shape index (κ1) is 12.4. The lowest BCUT2D eigenvalue weighted by atomic mass is 10.1. The summed E-state index contributed by atoms with van der Waals surface area (Å²) in [6.45, 7) is 3.48. The monoisotopic (exact) mass is 255 g/mol. The number of hydrogen-bond donors (Lipinski definition) is 1. The van der Waals surface area contributed by atoms with Gasteiger partial charge < -0.3 is 14.8 Å². The summed E-state index contributed by atoms with van der Waals surface area (Å²) in [6, 6.07) is 5.27. The molecule has 0 aliphatic carbocycles. The van der Waals surface area contributed by atoms with Gasteiger partial charge in [0.2, 0.25) is 0 Å². The molecule has 0 saturated carbocycles. The molecule has 1 aliphatic heterocycles. The number of carbonyl (C=O) groups is 1. The van der Waals surface area contributed by atoms with Gasteiger partial charge in [0, 0.05) is 12.1 Å². The zero-order chi connectivity index (χ0) is 12.3. The minimum absolute atomic E-state index is 0.202. The van der Waals surface area contributed by atoms with E-state index in [-0.39, 0.29) is 5.91 Å². The quantitative estimate of drug-likeness (QED) is 0.900. The SMILES string of the molecule is CCNC(=O)c1c(Cl)cccc1C1OCCO1. The largest absolute Gasteiger partial charge is 0.352 e. The molecule has 0 bridgehead atoms. The molecule has 0 unspecified atom stereocenters. The smallest absolute Gasteiger partial charge is 0.253 e. The summed E-state index contributed by atoms with van der Waals surface area (Å²) in [6.07, 6.45) is -0.494. The van der Waals surface area contributed by atoms with Crippen LogP contribution < -0.4 is 5.32 Å². The topological polar surface area (TPSA) is 47.6 Å². The molecule has 0 atom stereocenters. The van der Waals surface area contributed by atoms with E-state index in [0.717, 1.165) is 0 Å². The van der Waals surface area contributed by atoms with Crippen molar-refractivity contribution in [1.82, 2.24) is 5.32 Å². The van der Waals surface area contributed by atoms with E-state index in [2.05, 4.69) is 5.32 Å². The number of amides is 1. The maximum Gasteiger partial charge on any atom is 0.253 e. The molecule has 0 spiro atoms. The predicted molar refractivity (Wildman–Crippen MR) is 64.1 cm³/mol. The summed E-state index contributed by atoms with van der Waals surface area (Å²) in [4.78, 5) is 11.9. The minimum Gasteiger partial charge on any atom is -0.352 e. The van der Waals surface area contributed by atoms with Gasteiger partial charge in [-0.1, -0.05) is 23.7 Å². The maximum atomic E-state index is 11.9. The lowest BCUT2D eigenvalue weighted by Crippen LogP contribution is -2.25. The molecule has 0 radical (unpaired) electrons. The van der Waals surface area contributed by atoms with Gasteiger partial charge in [0.15, 0.2) is 6.29 Å². The highest BCUT2D eigenvalue weighted by atomic mass is 35.5. The number of benzene rings is 1. The number of halogens is 1. The van der Waals surface area contributed by atoms with Gasteiger partial charge in [-0.15, -0.1) is 0 Å². The van der Waals surface area contributed by atoms with Crippen molar-refractivity contribution in [1.29, 1.82) is 0 Å². The van der Waals surface area contributed by atoms with E-state index in [0.29, 0.717) is 35.9 Å². The van der Waals surface area contributed by atoms with Crippen LogP contribution in [0.5, 0.6) is 0 Å². The van der Waals surface area contributed by atoms with E-state index in [9.17, 15) is 4.79 Å². The van der Waals surface area contributed by atoms with Gasteiger partial charge in [-0.3, -0.25) is 4.79 Å². The second-order valence-corrected chi connectivity index (χ2v) is 4.04. The van der Waals surface area contributed by atoms with E-state index in [1.54, 1.807) is 18.2 Å². The molecule has 1 aromatic carbocycles. The number of carbonyl (C=O) groups excluding carboxylic acids is 1. The number of hydrogen-bond acceptors (Lipinski definition) is 3. The molecule has 1 N–H and O–H groups in total. The van der Waals surface area contributed by atoms with Gasteiger partial charge in [-0.2, -0.15) is 0 Å². The molecular formula is C12H14ClNO3. The molecule has 1 aromatic rings. The number of rotatable bonds is 3. The second-order valence-electron chi connectivity index (χ2n) is 3.64. The van der Waals surface area contributed by atoms with Gasteiger partial charge in [0.25, 0.3) is 5.91 Å². The van der Waals surface area contributed by atoms with Crippen molar-refractivity contribution < 1.29 is 14.3 Å². The van der Waals surface area contributed by atoms with Crippen LogP contribution in [-0.2, 0) is 9.47 Å². The molecule has 0 aromatic heterocycles. The Hall–Kier alpha value is -1.10. The van der Waals surface area contributed by atoms with Crippen LogP contribution in [0.4, 0.5) is 0 Å². The lowest BCUT2D eigenvalue weighted by Gasteiger charge is -2.15. The first-order valence-electron chi connectivity index (χ1n) is 5.54. The second kappa shape index (κ2) is 5.49. The fourth-order valence-corrected chi connectivity index (χ4v) is 2.03. The third kappa shape index (κ3) is 2.60. The van der Waals surface area contributed by atoms with Crippen molar-refractivity contribution in [2.45, 2.75) is 13.2 Å². The molecule has 1 saturated heterocycles. The van der Waals surface area contributed by atoms with Crippen LogP contribution >= 0.6 is 11.6 Å². The molecule has 92 valence electrons. The van der Waals surface area contributed by atoms with Crippen LogP contribution in [0.15, 0.2) is 18.2 Å². The predicted octanol–water partition coefficient (Wildman–Crippen LogP) is 2.14. The molecule has 5 heteroatoms. The van der Waals surface area contributed by atoms with Crippen LogP contribution in [0.25, 0.3) is 0 Å². The lowest BCUT2D eigenvalue weighted by molar-refractivity contribution is -0.0445.